The summed E-state index contributed by atoms with van der Waals surface area (Å²) in [7, 11) is 0. The molecule has 0 unspecified atom stereocenters. The van der Waals surface area contributed by atoms with E-state index in [2.05, 4.69) is 6.58 Å². The van der Waals surface area contributed by atoms with E-state index in [-0.39, 0.29) is 6.42 Å². The highest BCUT2D eigenvalue weighted by Crippen LogP contribution is 2.14. The minimum Gasteiger partial charge on any atom is -0.481 e. The summed E-state index contributed by atoms with van der Waals surface area (Å²) >= 11 is 0. The number of hydrogen-bond donors (Lipinski definition) is 1. The molecular weight excluding hydrogens is 244 g/mol. The average molecular weight is 270 g/mol. The monoisotopic (exact) mass is 270 g/mol. The first-order chi connectivity index (χ1) is 9.11. The Kier molecular flexibility index (Phi) is 10.9. The van der Waals surface area contributed by atoms with E-state index in [1.807, 2.05) is 13.0 Å². The van der Waals surface area contributed by atoms with Crippen molar-refractivity contribution in [2.45, 2.75) is 58.3 Å². The lowest BCUT2D eigenvalue weighted by atomic mass is 9.99. The molecule has 4 heteroatoms. The molecule has 1 atom stereocenters. The van der Waals surface area contributed by atoms with Crippen LogP contribution in [0.4, 0.5) is 0 Å². The van der Waals surface area contributed by atoms with E-state index in [1.165, 1.54) is 0 Å². The summed E-state index contributed by atoms with van der Waals surface area (Å²) in [6, 6.07) is 0. The molecule has 0 rings (SSSR count). The number of carbonyl (C=O) groups is 2. The molecule has 0 bridgehead atoms. The van der Waals surface area contributed by atoms with Crippen molar-refractivity contribution in [2.24, 2.45) is 5.92 Å². The van der Waals surface area contributed by atoms with Gasteiger partial charge in [-0.3, -0.25) is 9.59 Å². The van der Waals surface area contributed by atoms with Crippen LogP contribution in [-0.2, 0) is 14.3 Å². The van der Waals surface area contributed by atoms with Crippen molar-refractivity contribution in [3.8, 4) is 0 Å². The largest absolute Gasteiger partial charge is 0.481 e. The molecule has 1 N–H and O–H groups in total. The Morgan fingerprint density at radius 1 is 1.26 bits per heavy atom. The number of hydrogen-bond acceptors (Lipinski definition) is 3. The van der Waals surface area contributed by atoms with Crippen LogP contribution in [-0.4, -0.2) is 23.7 Å². The summed E-state index contributed by atoms with van der Waals surface area (Å²) in [6.07, 6.45) is 8.01. The highest BCUT2D eigenvalue weighted by molar-refractivity contribution is 5.78. The fourth-order valence-corrected chi connectivity index (χ4v) is 1.78. The number of esters is 1. The van der Waals surface area contributed by atoms with Crippen molar-refractivity contribution in [3.63, 3.8) is 0 Å². The Morgan fingerprint density at radius 3 is 2.58 bits per heavy atom. The van der Waals surface area contributed by atoms with E-state index in [0.717, 1.165) is 38.5 Å². The molecule has 0 saturated heterocycles. The highest BCUT2D eigenvalue weighted by Gasteiger charge is 2.21. The van der Waals surface area contributed by atoms with Crippen LogP contribution < -0.4 is 0 Å². The maximum Gasteiger partial charge on any atom is 0.307 e. The Hall–Kier alpha value is -1.32. The van der Waals surface area contributed by atoms with Crippen molar-refractivity contribution in [2.75, 3.05) is 6.61 Å². The van der Waals surface area contributed by atoms with E-state index in [9.17, 15) is 9.59 Å². The molecule has 0 amide bonds. The van der Waals surface area contributed by atoms with Crippen LogP contribution in [0, 0.1) is 5.92 Å². The standard InChI is InChI=1S/C15H26O4/c1-3-5-7-8-9-11-19-14(16)12-13(15(17)18)10-6-4-2/h3,13H,1,4-12H2,2H3,(H,17,18)/t13-/m1/s1. The summed E-state index contributed by atoms with van der Waals surface area (Å²) < 4.78 is 5.05. The minimum absolute atomic E-state index is 0.0119. The lowest BCUT2D eigenvalue weighted by molar-refractivity contribution is -0.151. The molecular formula is C15H26O4. The van der Waals surface area contributed by atoms with Crippen LogP contribution in [0.25, 0.3) is 0 Å². The number of carboxylic acids is 1. The van der Waals surface area contributed by atoms with Gasteiger partial charge in [0.2, 0.25) is 0 Å². The van der Waals surface area contributed by atoms with Crippen molar-refractivity contribution < 1.29 is 19.4 Å². The van der Waals surface area contributed by atoms with Gasteiger partial charge >= 0.3 is 11.9 Å². The van der Waals surface area contributed by atoms with Gasteiger partial charge in [0, 0.05) is 0 Å². The van der Waals surface area contributed by atoms with Gasteiger partial charge in [-0.1, -0.05) is 25.8 Å². The predicted molar refractivity (Wildman–Crippen MR) is 74.9 cm³/mol. The molecule has 0 aromatic carbocycles. The predicted octanol–water partition coefficient (Wildman–Crippen LogP) is 3.56. The lowest BCUT2D eigenvalue weighted by Gasteiger charge is -2.11. The third kappa shape index (κ3) is 10.3. The molecule has 0 aliphatic heterocycles. The van der Waals surface area contributed by atoms with Crippen LogP contribution >= 0.6 is 0 Å². The SMILES string of the molecule is C=CCCCCCOC(=O)C[C@@H](CCCC)C(=O)O. The second kappa shape index (κ2) is 11.8. The second-order valence-corrected chi connectivity index (χ2v) is 4.74. The quantitative estimate of drug-likeness (QED) is 0.334. The van der Waals surface area contributed by atoms with Crippen LogP contribution in [0.3, 0.4) is 0 Å². The summed E-state index contributed by atoms with van der Waals surface area (Å²) in [4.78, 5) is 22.5. The number of rotatable bonds is 12. The highest BCUT2D eigenvalue weighted by atomic mass is 16.5. The number of unbranched alkanes of at least 4 members (excludes halogenated alkanes) is 4. The molecule has 4 nitrogen and oxygen atoms in total. The second-order valence-electron chi connectivity index (χ2n) is 4.74. The topological polar surface area (TPSA) is 63.6 Å². The van der Waals surface area contributed by atoms with Crippen molar-refractivity contribution in [1.82, 2.24) is 0 Å². The van der Waals surface area contributed by atoms with Gasteiger partial charge in [-0.05, 0) is 32.1 Å². The Bertz CT molecular complexity index is 273. The Labute approximate surface area is 115 Å². The van der Waals surface area contributed by atoms with E-state index in [1.54, 1.807) is 0 Å². The maximum atomic E-state index is 11.5. The molecule has 0 spiro atoms. The van der Waals surface area contributed by atoms with Gasteiger partial charge in [-0.15, -0.1) is 6.58 Å². The Balaban J connectivity index is 3.74. The first kappa shape index (κ1) is 17.7. The minimum atomic E-state index is -0.906. The van der Waals surface area contributed by atoms with Gasteiger partial charge in [0.1, 0.15) is 0 Å². The van der Waals surface area contributed by atoms with Crippen molar-refractivity contribution >= 4 is 11.9 Å². The molecule has 0 fully saturated rings. The van der Waals surface area contributed by atoms with Gasteiger partial charge in [-0.2, -0.15) is 0 Å². The number of allylic oxidation sites excluding steroid dienone is 1. The number of aliphatic carboxylic acids is 1. The molecule has 0 aliphatic carbocycles. The van der Waals surface area contributed by atoms with Gasteiger partial charge in [0.25, 0.3) is 0 Å². The number of carboxylic acid groups (broad SMARTS) is 1. The molecule has 0 aromatic rings. The normalized spacial score (nSPS) is 11.8. The molecule has 0 aliphatic rings. The zero-order valence-corrected chi connectivity index (χ0v) is 11.9. The van der Waals surface area contributed by atoms with Gasteiger partial charge in [-0.25, -0.2) is 0 Å². The van der Waals surface area contributed by atoms with Gasteiger partial charge < -0.3 is 9.84 Å². The smallest absolute Gasteiger partial charge is 0.307 e. The average Bonchev–Trinajstić information content (AvgIpc) is 2.38. The molecule has 0 heterocycles. The van der Waals surface area contributed by atoms with E-state index in [4.69, 9.17) is 9.84 Å². The molecule has 0 aromatic heterocycles. The Morgan fingerprint density at radius 2 is 2.00 bits per heavy atom. The van der Waals surface area contributed by atoms with Crippen LogP contribution in [0.5, 0.6) is 0 Å². The molecule has 0 saturated carbocycles. The third-order valence-corrected chi connectivity index (χ3v) is 2.98. The summed E-state index contributed by atoms with van der Waals surface area (Å²) in [5, 5.41) is 9.00. The van der Waals surface area contributed by atoms with E-state index >= 15 is 0 Å². The van der Waals surface area contributed by atoms with Crippen molar-refractivity contribution in [1.29, 1.82) is 0 Å². The summed E-state index contributed by atoms with van der Waals surface area (Å²) in [5.74, 6) is -1.91. The van der Waals surface area contributed by atoms with Crippen molar-refractivity contribution in [3.05, 3.63) is 12.7 Å². The summed E-state index contributed by atoms with van der Waals surface area (Å²) in [5.41, 5.74) is 0. The van der Waals surface area contributed by atoms with Crippen LogP contribution in [0.1, 0.15) is 58.3 Å². The van der Waals surface area contributed by atoms with E-state index < -0.39 is 17.9 Å². The van der Waals surface area contributed by atoms with Gasteiger partial charge in [0.05, 0.1) is 18.9 Å². The fraction of sp³-hybridized carbons (Fsp3) is 0.733. The first-order valence-electron chi connectivity index (χ1n) is 7.11. The number of carbonyl (C=O) groups excluding carboxylic acids is 1. The maximum absolute atomic E-state index is 11.5. The van der Waals surface area contributed by atoms with Crippen LogP contribution in [0.2, 0.25) is 0 Å². The van der Waals surface area contributed by atoms with E-state index in [0.29, 0.717) is 13.0 Å². The third-order valence-electron chi connectivity index (χ3n) is 2.98. The van der Waals surface area contributed by atoms with Crippen LogP contribution in [0.15, 0.2) is 12.7 Å². The lowest BCUT2D eigenvalue weighted by Crippen LogP contribution is -2.19. The summed E-state index contributed by atoms with van der Waals surface area (Å²) in [6.45, 7) is 6.02. The number of ether oxygens (including phenoxy) is 1. The molecule has 110 valence electrons. The van der Waals surface area contributed by atoms with Gasteiger partial charge in [0.15, 0.2) is 0 Å². The molecule has 19 heavy (non-hydrogen) atoms. The zero-order valence-electron chi connectivity index (χ0n) is 11.9. The fourth-order valence-electron chi connectivity index (χ4n) is 1.78. The zero-order chi connectivity index (χ0) is 14.5. The first-order valence-corrected chi connectivity index (χ1v) is 7.11. The molecule has 0 radical (unpaired) electrons.